The summed E-state index contributed by atoms with van der Waals surface area (Å²) in [5.74, 6) is 0.959. The number of nitrogens with zero attached hydrogens (tertiary/aromatic N) is 1. The fourth-order valence-electron chi connectivity index (χ4n) is 1.22. The van der Waals surface area contributed by atoms with Crippen LogP contribution in [0.4, 0.5) is 0 Å². The molecule has 0 bridgehead atoms. The average Bonchev–Trinajstić information content (AvgIpc) is 2.17. The van der Waals surface area contributed by atoms with E-state index in [0.717, 1.165) is 44.5 Å². The van der Waals surface area contributed by atoms with Gasteiger partial charge >= 0.3 is 0 Å². The van der Waals surface area contributed by atoms with Gasteiger partial charge in [-0.3, -0.25) is 4.79 Å². The molecule has 15 heavy (non-hydrogen) atoms. The van der Waals surface area contributed by atoms with Gasteiger partial charge in [-0.1, -0.05) is 18.2 Å². The molecule has 0 atom stereocenters. The van der Waals surface area contributed by atoms with Crippen LogP contribution >= 0.6 is 11.8 Å². The second-order valence-electron chi connectivity index (χ2n) is 3.98. The molecule has 0 aromatic carbocycles. The molecule has 0 aliphatic rings. The summed E-state index contributed by atoms with van der Waals surface area (Å²) in [6, 6.07) is 0. The Labute approximate surface area is 97.8 Å². The molecule has 0 spiro atoms. The van der Waals surface area contributed by atoms with E-state index in [4.69, 9.17) is 5.73 Å². The lowest BCUT2D eigenvalue weighted by Gasteiger charge is -2.07. The molecule has 0 amide bonds. The molecule has 0 saturated heterocycles. The van der Waals surface area contributed by atoms with Crippen molar-refractivity contribution in [2.24, 2.45) is 5.73 Å². The molecule has 3 nitrogen and oxygen atoms in total. The zero-order valence-corrected chi connectivity index (χ0v) is 10.8. The highest BCUT2D eigenvalue weighted by molar-refractivity contribution is 8.13. The van der Waals surface area contributed by atoms with Crippen LogP contribution in [0.25, 0.3) is 0 Å². The second-order valence-corrected chi connectivity index (χ2v) is 5.13. The first-order valence-electron chi connectivity index (χ1n) is 5.67. The fourth-order valence-corrected chi connectivity index (χ4v) is 2.09. The van der Waals surface area contributed by atoms with Gasteiger partial charge in [-0.15, -0.1) is 0 Å². The number of carbonyl (C=O) groups excluding carboxylic acids is 1. The standard InChI is InChI=1S/C11H24N2OS/c1-13(2)9-6-7-11(14)15-10-5-3-4-8-12/h3-10,12H2,1-2H3. The van der Waals surface area contributed by atoms with Gasteiger partial charge in [-0.25, -0.2) is 0 Å². The quantitative estimate of drug-likeness (QED) is 0.615. The lowest BCUT2D eigenvalue weighted by Crippen LogP contribution is -2.13. The molecule has 0 aromatic heterocycles. The van der Waals surface area contributed by atoms with E-state index in [1.165, 1.54) is 11.8 Å². The smallest absolute Gasteiger partial charge is 0.188 e. The molecule has 0 aliphatic heterocycles. The Morgan fingerprint density at radius 2 is 1.93 bits per heavy atom. The Morgan fingerprint density at radius 3 is 2.53 bits per heavy atom. The number of rotatable bonds is 9. The summed E-state index contributed by atoms with van der Waals surface area (Å²) < 4.78 is 0. The maximum Gasteiger partial charge on any atom is 0.188 e. The Kier molecular flexibility index (Phi) is 10.4. The van der Waals surface area contributed by atoms with Crippen LogP contribution in [0.2, 0.25) is 0 Å². The average molecular weight is 232 g/mol. The lowest BCUT2D eigenvalue weighted by molar-refractivity contribution is -0.111. The van der Waals surface area contributed by atoms with Crippen molar-refractivity contribution in [3.05, 3.63) is 0 Å². The third-order valence-electron chi connectivity index (χ3n) is 2.10. The minimum atomic E-state index is 0.338. The monoisotopic (exact) mass is 232 g/mol. The van der Waals surface area contributed by atoms with E-state index in [-0.39, 0.29) is 0 Å². The van der Waals surface area contributed by atoms with Gasteiger partial charge in [-0.2, -0.15) is 0 Å². The van der Waals surface area contributed by atoms with Crippen molar-refractivity contribution in [1.29, 1.82) is 0 Å². The van der Waals surface area contributed by atoms with Crippen molar-refractivity contribution >= 4 is 16.9 Å². The van der Waals surface area contributed by atoms with Gasteiger partial charge in [0.15, 0.2) is 5.12 Å². The van der Waals surface area contributed by atoms with Crippen LogP contribution in [-0.2, 0) is 4.79 Å². The highest BCUT2D eigenvalue weighted by Crippen LogP contribution is 2.10. The van der Waals surface area contributed by atoms with E-state index in [2.05, 4.69) is 4.90 Å². The number of nitrogens with two attached hydrogens (primary N) is 1. The number of carbonyl (C=O) groups is 1. The van der Waals surface area contributed by atoms with Gasteiger partial charge in [-0.05, 0) is 46.4 Å². The fraction of sp³-hybridized carbons (Fsp3) is 0.909. The predicted molar refractivity (Wildman–Crippen MR) is 68.2 cm³/mol. The molecule has 90 valence electrons. The van der Waals surface area contributed by atoms with E-state index in [1.54, 1.807) is 0 Å². The second kappa shape index (κ2) is 10.5. The molecule has 2 N–H and O–H groups in total. The predicted octanol–water partition coefficient (Wildman–Crippen LogP) is 1.72. The van der Waals surface area contributed by atoms with Gasteiger partial charge in [0.25, 0.3) is 0 Å². The lowest BCUT2D eigenvalue weighted by atomic mass is 10.2. The maximum atomic E-state index is 11.4. The number of unbranched alkanes of at least 4 members (excludes halogenated alkanes) is 2. The molecule has 0 saturated carbocycles. The third kappa shape index (κ3) is 11.9. The van der Waals surface area contributed by atoms with Gasteiger partial charge in [0.2, 0.25) is 0 Å². The van der Waals surface area contributed by atoms with Crippen LogP contribution in [0.1, 0.15) is 32.1 Å². The van der Waals surface area contributed by atoms with Gasteiger partial charge < -0.3 is 10.6 Å². The molecule has 0 unspecified atom stereocenters. The molecule has 0 aromatic rings. The molecule has 0 rings (SSSR count). The summed E-state index contributed by atoms with van der Waals surface area (Å²) in [6.07, 6.45) is 5.02. The van der Waals surface area contributed by atoms with Crippen molar-refractivity contribution in [2.75, 3.05) is 32.9 Å². The normalized spacial score (nSPS) is 10.9. The van der Waals surface area contributed by atoms with E-state index < -0.39 is 0 Å². The van der Waals surface area contributed by atoms with Crippen LogP contribution < -0.4 is 5.73 Å². The van der Waals surface area contributed by atoms with E-state index in [1.807, 2.05) is 14.1 Å². The topological polar surface area (TPSA) is 46.3 Å². The van der Waals surface area contributed by atoms with Crippen molar-refractivity contribution in [3.8, 4) is 0 Å². The summed E-state index contributed by atoms with van der Waals surface area (Å²) in [7, 11) is 4.06. The Hall–Kier alpha value is -0.0600. The molecule has 0 fully saturated rings. The summed E-state index contributed by atoms with van der Waals surface area (Å²) in [6.45, 7) is 1.76. The highest BCUT2D eigenvalue weighted by atomic mass is 32.2. The minimum Gasteiger partial charge on any atom is -0.330 e. The Morgan fingerprint density at radius 1 is 1.20 bits per heavy atom. The summed E-state index contributed by atoms with van der Waals surface area (Å²) in [5, 5.41) is 0.338. The zero-order chi connectivity index (χ0) is 11.5. The SMILES string of the molecule is CN(C)CCCC(=O)SCCCCCN. The summed E-state index contributed by atoms with van der Waals surface area (Å²) >= 11 is 1.48. The van der Waals surface area contributed by atoms with Gasteiger partial charge in [0.05, 0.1) is 0 Å². The first-order valence-corrected chi connectivity index (χ1v) is 6.65. The number of thioether (sulfide) groups is 1. The van der Waals surface area contributed by atoms with Crippen molar-refractivity contribution in [3.63, 3.8) is 0 Å². The first-order chi connectivity index (χ1) is 7.16. The maximum absolute atomic E-state index is 11.4. The molecule has 0 aliphatic carbocycles. The third-order valence-corrected chi connectivity index (χ3v) is 3.12. The molecular formula is C11H24N2OS. The zero-order valence-electron chi connectivity index (χ0n) is 10.00. The van der Waals surface area contributed by atoms with Crippen LogP contribution in [-0.4, -0.2) is 43.0 Å². The largest absolute Gasteiger partial charge is 0.330 e. The van der Waals surface area contributed by atoms with Crippen molar-refractivity contribution < 1.29 is 4.79 Å². The number of hydrogen-bond donors (Lipinski definition) is 1. The summed E-state index contributed by atoms with van der Waals surface area (Å²) in [5.41, 5.74) is 5.39. The van der Waals surface area contributed by atoms with E-state index in [0.29, 0.717) is 11.5 Å². The molecule has 0 heterocycles. The van der Waals surface area contributed by atoms with Gasteiger partial charge in [0.1, 0.15) is 0 Å². The van der Waals surface area contributed by atoms with Gasteiger partial charge in [0, 0.05) is 12.2 Å². The van der Waals surface area contributed by atoms with Crippen molar-refractivity contribution in [1.82, 2.24) is 4.90 Å². The molecule has 0 radical (unpaired) electrons. The van der Waals surface area contributed by atoms with Crippen LogP contribution in [0, 0.1) is 0 Å². The highest BCUT2D eigenvalue weighted by Gasteiger charge is 2.02. The summed E-state index contributed by atoms with van der Waals surface area (Å²) in [4.78, 5) is 13.5. The van der Waals surface area contributed by atoms with Crippen LogP contribution in [0.5, 0.6) is 0 Å². The Balaban J connectivity index is 3.19. The first kappa shape index (κ1) is 14.9. The number of hydrogen-bond acceptors (Lipinski definition) is 4. The van der Waals surface area contributed by atoms with E-state index in [9.17, 15) is 4.79 Å². The van der Waals surface area contributed by atoms with E-state index >= 15 is 0 Å². The van der Waals surface area contributed by atoms with Crippen LogP contribution in [0.15, 0.2) is 0 Å². The minimum absolute atomic E-state index is 0.338. The molecular weight excluding hydrogens is 208 g/mol. The van der Waals surface area contributed by atoms with Crippen LogP contribution in [0.3, 0.4) is 0 Å². The van der Waals surface area contributed by atoms with Crippen molar-refractivity contribution in [2.45, 2.75) is 32.1 Å². The Bertz CT molecular complexity index is 163. The molecule has 4 heteroatoms.